The fourth-order valence-electron chi connectivity index (χ4n) is 5.09. The van der Waals surface area contributed by atoms with E-state index in [2.05, 4.69) is 133 Å². The van der Waals surface area contributed by atoms with Crippen molar-refractivity contribution in [3.63, 3.8) is 0 Å². The first-order chi connectivity index (χ1) is 15.5. The second-order valence-electron chi connectivity index (χ2n) is 11.9. The van der Waals surface area contributed by atoms with E-state index in [1.165, 1.54) is 22.3 Å². The Morgan fingerprint density at radius 2 is 1.21 bits per heavy atom. The molecule has 3 aromatic rings. The Labute approximate surface area is 206 Å². The number of nitrogens with zero attached hydrogens (tertiary/aromatic N) is 1. The minimum absolute atomic E-state index is 0.0759. The van der Waals surface area contributed by atoms with E-state index >= 15 is 0 Å². The van der Waals surface area contributed by atoms with E-state index in [-0.39, 0.29) is 10.8 Å². The zero-order chi connectivity index (χ0) is 24.0. The van der Waals surface area contributed by atoms with E-state index in [1.54, 1.807) is 17.9 Å². The van der Waals surface area contributed by atoms with Gasteiger partial charge in [-0.1, -0.05) is 0 Å². The summed E-state index contributed by atoms with van der Waals surface area (Å²) in [5.41, 5.74) is 7.50. The first-order valence-electron chi connectivity index (χ1n) is 12.2. The van der Waals surface area contributed by atoms with E-state index in [4.69, 9.17) is 0 Å². The topological polar surface area (TPSA) is 3.24 Å². The zero-order valence-electron chi connectivity index (χ0n) is 21.7. The molecular formula is C31H38GaN. The monoisotopic (exact) mass is 493 g/mol. The molecule has 0 radical (unpaired) electrons. The fourth-order valence-corrected chi connectivity index (χ4v) is 13.5. The summed E-state index contributed by atoms with van der Waals surface area (Å²) in [6.07, 6.45) is 4.68. The molecule has 0 atom stereocenters. The van der Waals surface area contributed by atoms with Crippen molar-refractivity contribution in [2.75, 3.05) is 14.1 Å². The van der Waals surface area contributed by atoms with Crippen LogP contribution in [-0.2, 0) is 17.4 Å². The normalized spacial score (nSPS) is 13.7. The predicted molar refractivity (Wildman–Crippen MR) is 148 cm³/mol. The van der Waals surface area contributed by atoms with Crippen molar-refractivity contribution >= 4 is 40.7 Å². The van der Waals surface area contributed by atoms with Crippen molar-refractivity contribution < 1.29 is 0 Å². The van der Waals surface area contributed by atoms with Crippen molar-refractivity contribution in [3.8, 4) is 0 Å². The van der Waals surface area contributed by atoms with Crippen LogP contribution in [0.1, 0.15) is 69.4 Å². The molecule has 0 fully saturated rings. The van der Waals surface area contributed by atoms with Crippen LogP contribution in [0, 0.1) is 0 Å². The first kappa shape index (κ1) is 24.1. The van der Waals surface area contributed by atoms with Gasteiger partial charge in [0, 0.05) is 0 Å². The molecule has 0 N–H and O–H groups in total. The van der Waals surface area contributed by atoms with Crippen LogP contribution >= 0.6 is 0 Å². The van der Waals surface area contributed by atoms with Gasteiger partial charge in [0.1, 0.15) is 0 Å². The van der Waals surface area contributed by atoms with E-state index in [0.29, 0.717) is 0 Å². The van der Waals surface area contributed by atoms with Gasteiger partial charge < -0.3 is 0 Å². The van der Waals surface area contributed by atoms with E-state index in [1.807, 2.05) is 0 Å². The molecule has 4 rings (SSSR count). The van der Waals surface area contributed by atoms with Crippen LogP contribution in [-0.4, -0.2) is 35.2 Å². The molecule has 3 aromatic carbocycles. The molecule has 1 aliphatic heterocycles. The number of benzene rings is 3. The molecular weight excluding hydrogens is 456 g/mol. The molecule has 33 heavy (non-hydrogen) atoms. The molecule has 170 valence electrons. The van der Waals surface area contributed by atoms with Crippen LogP contribution in [0.15, 0.2) is 60.7 Å². The summed E-state index contributed by atoms with van der Waals surface area (Å²) in [6.45, 7) is 15.2. The molecule has 1 nitrogen and oxygen atoms in total. The number of hydrogen-bond donors (Lipinski definition) is 0. The van der Waals surface area contributed by atoms with Gasteiger partial charge in [0.15, 0.2) is 0 Å². The van der Waals surface area contributed by atoms with E-state index in [9.17, 15) is 0 Å². The maximum absolute atomic E-state index is 2.54. The Balaban J connectivity index is 2.13. The van der Waals surface area contributed by atoms with Gasteiger partial charge in [-0.2, -0.15) is 0 Å². The van der Waals surface area contributed by atoms with Gasteiger partial charge in [-0.25, -0.2) is 0 Å². The van der Waals surface area contributed by atoms with Gasteiger partial charge >= 0.3 is 207 Å². The quantitative estimate of drug-likeness (QED) is 0.348. The second-order valence-corrected chi connectivity index (χ2v) is 17.5. The summed E-state index contributed by atoms with van der Waals surface area (Å²) in [7, 11) is 4.40. The molecule has 0 unspecified atom stereocenters. The van der Waals surface area contributed by atoms with Crippen molar-refractivity contribution in [1.82, 2.24) is 4.90 Å². The average molecular weight is 494 g/mol. The third kappa shape index (κ3) is 4.94. The van der Waals surface area contributed by atoms with Gasteiger partial charge in [-0.15, -0.1) is 0 Å². The molecule has 0 aliphatic carbocycles. The van der Waals surface area contributed by atoms with Crippen molar-refractivity contribution in [3.05, 3.63) is 88.5 Å². The van der Waals surface area contributed by atoms with Crippen molar-refractivity contribution in [1.29, 1.82) is 0 Å². The Morgan fingerprint density at radius 1 is 0.697 bits per heavy atom. The van der Waals surface area contributed by atoms with Crippen LogP contribution < -0.4 is 12.4 Å². The fraction of sp³-hybridized carbons (Fsp3) is 0.355. The summed E-state index contributed by atoms with van der Waals surface area (Å²) in [4.78, 5) is 2.34. The SMILES string of the molecule is CN(C)Cc1cc(C(C)(C)C)cc(C(C)(C)C)[c]1[Ga]1[c]2ccccc2C=Cc2cccc[c]21. The third-order valence-electron chi connectivity index (χ3n) is 6.77. The number of hydrogen-bond acceptors (Lipinski definition) is 1. The van der Waals surface area contributed by atoms with Crippen LogP contribution in [0.2, 0.25) is 0 Å². The van der Waals surface area contributed by atoms with Gasteiger partial charge in [0.2, 0.25) is 0 Å². The molecule has 0 spiro atoms. The van der Waals surface area contributed by atoms with Crippen LogP contribution in [0.3, 0.4) is 0 Å². The van der Waals surface area contributed by atoms with Crippen LogP contribution in [0.4, 0.5) is 0 Å². The Kier molecular flexibility index (Phi) is 6.57. The van der Waals surface area contributed by atoms with Gasteiger partial charge in [0.05, 0.1) is 0 Å². The molecule has 0 bridgehead atoms. The molecule has 0 saturated carbocycles. The van der Waals surface area contributed by atoms with Crippen molar-refractivity contribution in [2.24, 2.45) is 0 Å². The first-order valence-corrected chi connectivity index (χ1v) is 15.8. The Hall–Kier alpha value is -2.00. The summed E-state index contributed by atoms with van der Waals surface area (Å²) >= 11 is -2.40. The molecule has 1 heterocycles. The van der Waals surface area contributed by atoms with E-state index in [0.717, 1.165) is 6.54 Å². The minimum atomic E-state index is -2.40. The summed E-state index contributed by atoms with van der Waals surface area (Å²) in [5, 5.41) is 0. The third-order valence-corrected chi connectivity index (χ3v) is 14.2. The molecule has 0 saturated heterocycles. The van der Waals surface area contributed by atoms with E-state index < -0.39 is 16.2 Å². The second kappa shape index (κ2) is 8.98. The summed E-state index contributed by atoms with van der Waals surface area (Å²) in [5.74, 6) is 0. The van der Waals surface area contributed by atoms with Gasteiger partial charge in [-0.05, 0) is 0 Å². The predicted octanol–water partition coefficient (Wildman–Crippen LogP) is 5.34. The number of fused-ring (bicyclic) bond motifs is 2. The number of rotatable bonds is 3. The summed E-state index contributed by atoms with van der Waals surface area (Å²) in [6, 6.07) is 23.4. The summed E-state index contributed by atoms with van der Waals surface area (Å²) < 4.78 is 4.83. The Morgan fingerprint density at radius 3 is 1.67 bits per heavy atom. The molecule has 0 amide bonds. The molecule has 1 aliphatic rings. The standard InChI is InChI=1S/C17H28N.C14H10.Ga/c1-16(2,3)14-9-13(12-18(7)8)10-15(11-14)17(4,5)6;1-3-7-13(8-4-1)11-12-14-9-5-2-6-10-14;/h9,11H,12H2,1-8H3;1-7,9,11-12H;. The van der Waals surface area contributed by atoms with Gasteiger partial charge in [0.25, 0.3) is 0 Å². The Bertz CT molecular complexity index is 1140. The van der Waals surface area contributed by atoms with Crippen LogP contribution in [0.25, 0.3) is 12.2 Å². The van der Waals surface area contributed by atoms with Crippen LogP contribution in [0.5, 0.6) is 0 Å². The molecule has 2 heteroatoms. The molecule has 0 aromatic heterocycles. The van der Waals surface area contributed by atoms with Gasteiger partial charge in [-0.3, -0.25) is 0 Å². The zero-order valence-corrected chi connectivity index (χ0v) is 24.1. The average Bonchev–Trinajstić information content (AvgIpc) is 2.88. The van der Waals surface area contributed by atoms with Crippen molar-refractivity contribution in [2.45, 2.75) is 58.9 Å². The maximum atomic E-state index is 2.54.